The second kappa shape index (κ2) is 7.89. The monoisotopic (exact) mass is 366 g/mol. The maximum atomic E-state index is 12.5. The Morgan fingerprint density at radius 1 is 1.00 bits per heavy atom. The Bertz CT molecular complexity index is 910. The Hall–Kier alpha value is -3.05. The Morgan fingerprint density at radius 2 is 1.73 bits per heavy atom. The third-order valence-electron chi connectivity index (χ3n) is 3.79. The van der Waals surface area contributed by atoms with Gasteiger partial charge in [-0.25, -0.2) is 0 Å². The van der Waals surface area contributed by atoms with Crippen molar-refractivity contribution in [3.63, 3.8) is 0 Å². The molecule has 6 heteroatoms. The highest BCUT2D eigenvalue weighted by atomic mass is 35.5. The van der Waals surface area contributed by atoms with E-state index in [0.29, 0.717) is 16.4 Å². The molecule has 0 saturated heterocycles. The van der Waals surface area contributed by atoms with E-state index < -0.39 is 0 Å². The number of anilines is 4. The van der Waals surface area contributed by atoms with Crippen LogP contribution in [-0.2, 0) is 0 Å². The van der Waals surface area contributed by atoms with E-state index in [1.54, 1.807) is 24.4 Å². The molecule has 26 heavy (non-hydrogen) atoms. The zero-order chi connectivity index (χ0) is 18.5. The minimum Gasteiger partial charge on any atom is -0.378 e. The Balaban J connectivity index is 1.73. The molecule has 0 aliphatic rings. The number of amides is 1. The van der Waals surface area contributed by atoms with Crippen molar-refractivity contribution in [1.82, 2.24) is 4.98 Å². The summed E-state index contributed by atoms with van der Waals surface area (Å²) in [6, 6.07) is 18.5. The lowest BCUT2D eigenvalue weighted by atomic mass is 10.2. The molecule has 0 saturated carbocycles. The third kappa shape index (κ3) is 4.32. The summed E-state index contributed by atoms with van der Waals surface area (Å²) in [5, 5.41) is 6.65. The molecule has 0 aliphatic heterocycles. The number of aromatic nitrogens is 1. The van der Waals surface area contributed by atoms with Gasteiger partial charge in [-0.2, -0.15) is 0 Å². The lowest BCUT2D eigenvalue weighted by Gasteiger charge is -2.13. The van der Waals surface area contributed by atoms with E-state index in [2.05, 4.69) is 15.6 Å². The summed E-state index contributed by atoms with van der Waals surface area (Å²) in [5.74, 6) is -0.273. The number of rotatable bonds is 5. The van der Waals surface area contributed by atoms with Gasteiger partial charge in [0.05, 0.1) is 10.7 Å². The van der Waals surface area contributed by atoms with Crippen LogP contribution >= 0.6 is 11.6 Å². The van der Waals surface area contributed by atoms with E-state index in [9.17, 15) is 4.79 Å². The molecule has 0 atom stereocenters. The number of halogens is 1. The highest BCUT2D eigenvalue weighted by Crippen LogP contribution is 2.25. The zero-order valence-corrected chi connectivity index (χ0v) is 15.3. The summed E-state index contributed by atoms with van der Waals surface area (Å²) in [6.45, 7) is 0. The van der Waals surface area contributed by atoms with Crippen molar-refractivity contribution in [3.05, 3.63) is 77.6 Å². The number of hydrogen-bond acceptors (Lipinski definition) is 4. The number of nitrogens with one attached hydrogen (secondary N) is 2. The Morgan fingerprint density at radius 3 is 2.42 bits per heavy atom. The molecule has 0 radical (unpaired) electrons. The highest BCUT2D eigenvalue weighted by molar-refractivity contribution is 6.33. The Labute approximate surface area is 157 Å². The predicted octanol–water partition coefficient (Wildman–Crippen LogP) is 4.80. The van der Waals surface area contributed by atoms with Gasteiger partial charge in [-0.05, 0) is 48.5 Å². The van der Waals surface area contributed by atoms with Crippen molar-refractivity contribution < 1.29 is 4.79 Å². The fraction of sp³-hybridized carbons (Fsp3) is 0.100. The minimum absolute atomic E-state index is 0.273. The first-order valence-electron chi connectivity index (χ1n) is 8.09. The first-order chi connectivity index (χ1) is 12.5. The number of carbonyl (C=O) groups excluding carboxylic acids is 1. The summed E-state index contributed by atoms with van der Waals surface area (Å²) in [6.07, 6.45) is 1.59. The van der Waals surface area contributed by atoms with Crippen molar-refractivity contribution in [2.75, 3.05) is 29.6 Å². The van der Waals surface area contributed by atoms with Crippen LogP contribution < -0.4 is 15.5 Å². The summed E-state index contributed by atoms with van der Waals surface area (Å²) in [5.41, 5.74) is 3.60. The van der Waals surface area contributed by atoms with Crippen LogP contribution in [0.4, 0.5) is 22.7 Å². The van der Waals surface area contributed by atoms with Crippen molar-refractivity contribution >= 4 is 40.3 Å². The molecule has 1 aromatic heterocycles. The van der Waals surface area contributed by atoms with Crippen LogP contribution in [0.3, 0.4) is 0 Å². The molecule has 0 unspecified atom stereocenters. The standard InChI is InChI=1S/C20H19ClN4O/c1-25(2)16-9-7-14(8-10-16)24-20(26)19-13-15(11-12-22-19)23-18-6-4-3-5-17(18)21/h3-13H,1-2H3,(H,22,23)(H,24,26). The van der Waals surface area contributed by atoms with E-state index >= 15 is 0 Å². The number of pyridine rings is 1. The summed E-state index contributed by atoms with van der Waals surface area (Å²) >= 11 is 6.16. The molecule has 1 heterocycles. The molecule has 0 spiro atoms. The van der Waals surface area contributed by atoms with Crippen LogP contribution in [0.1, 0.15) is 10.5 Å². The normalized spacial score (nSPS) is 10.3. The number of hydrogen-bond donors (Lipinski definition) is 2. The quantitative estimate of drug-likeness (QED) is 0.681. The molecule has 1 amide bonds. The van der Waals surface area contributed by atoms with Gasteiger partial charge in [-0.3, -0.25) is 9.78 Å². The highest BCUT2D eigenvalue weighted by Gasteiger charge is 2.09. The van der Waals surface area contributed by atoms with Gasteiger partial charge in [0, 0.05) is 37.4 Å². The number of benzene rings is 2. The van der Waals surface area contributed by atoms with Gasteiger partial charge in [-0.15, -0.1) is 0 Å². The minimum atomic E-state index is -0.273. The summed E-state index contributed by atoms with van der Waals surface area (Å²) in [4.78, 5) is 18.6. The average molecular weight is 367 g/mol. The van der Waals surface area contributed by atoms with E-state index in [1.807, 2.05) is 61.5 Å². The second-order valence-corrected chi connectivity index (χ2v) is 6.34. The van der Waals surface area contributed by atoms with Crippen LogP contribution in [0.25, 0.3) is 0 Å². The molecule has 0 fully saturated rings. The number of nitrogens with zero attached hydrogens (tertiary/aromatic N) is 2. The first kappa shape index (κ1) is 17.8. The van der Waals surface area contributed by atoms with Crippen molar-refractivity contribution in [3.8, 4) is 0 Å². The smallest absolute Gasteiger partial charge is 0.274 e. The lowest BCUT2D eigenvalue weighted by molar-refractivity contribution is 0.102. The van der Waals surface area contributed by atoms with Gasteiger partial charge in [0.25, 0.3) is 5.91 Å². The van der Waals surface area contributed by atoms with Gasteiger partial charge in [0.2, 0.25) is 0 Å². The Kier molecular flexibility index (Phi) is 5.39. The largest absolute Gasteiger partial charge is 0.378 e. The average Bonchev–Trinajstić information content (AvgIpc) is 2.64. The maximum Gasteiger partial charge on any atom is 0.274 e. The molecule has 0 bridgehead atoms. The van der Waals surface area contributed by atoms with Gasteiger partial charge >= 0.3 is 0 Å². The van der Waals surface area contributed by atoms with E-state index in [4.69, 9.17) is 11.6 Å². The predicted molar refractivity (Wildman–Crippen MR) is 108 cm³/mol. The molecule has 0 aliphatic carbocycles. The molecule has 5 nitrogen and oxygen atoms in total. The first-order valence-corrected chi connectivity index (χ1v) is 8.47. The molecular weight excluding hydrogens is 348 g/mol. The van der Waals surface area contributed by atoms with Gasteiger partial charge in [-0.1, -0.05) is 23.7 Å². The number of para-hydroxylation sites is 1. The number of carbonyl (C=O) groups is 1. The molecule has 2 N–H and O–H groups in total. The SMILES string of the molecule is CN(C)c1ccc(NC(=O)c2cc(Nc3ccccc3Cl)ccn2)cc1. The molecule has 132 valence electrons. The zero-order valence-electron chi connectivity index (χ0n) is 14.5. The van der Waals surface area contributed by atoms with Crippen molar-refractivity contribution in [2.45, 2.75) is 0 Å². The third-order valence-corrected chi connectivity index (χ3v) is 4.12. The fourth-order valence-corrected chi connectivity index (χ4v) is 2.57. The molecular formula is C20H19ClN4O. The molecule has 3 rings (SSSR count). The molecule has 2 aromatic carbocycles. The van der Waals surface area contributed by atoms with Crippen LogP contribution in [0.5, 0.6) is 0 Å². The lowest BCUT2D eigenvalue weighted by Crippen LogP contribution is -2.14. The van der Waals surface area contributed by atoms with Gasteiger partial charge in [0.15, 0.2) is 0 Å². The van der Waals surface area contributed by atoms with Gasteiger partial charge < -0.3 is 15.5 Å². The van der Waals surface area contributed by atoms with E-state index in [1.165, 1.54) is 0 Å². The molecule has 3 aromatic rings. The van der Waals surface area contributed by atoms with Gasteiger partial charge in [0.1, 0.15) is 5.69 Å². The van der Waals surface area contributed by atoms with Crippen LogP contribution in [0.15, 0.2) is 66.9 Å². The second-order valence-electron chi connectivity index (χ2n) is 5.93. The van der Waals surface area contributed by atoms with Crippen LogP contribution in [0.2, 0.25) is 5.02 Å². The topological polar surface area (TPSA) is 57.3 Å². The summed E-state index contributed by atoms with van der Waals surface area (Å²) < 4.78 is 0. The van der Waals surface area contributed by atoms with Crippen molar-refractivity contribution in [2.24, 2.45) is 0 Å². The van der Waals surface area contributed by atoms with Crippen LogP contribution in [0, 0.1) is 0 Å². The summed E-state index contributed by atoms with van der Waals surface area (Å²) in [7, 11) is 3.93. The maximum absolute atomic E-state index is 12.5. The van der Waals surface area contributed by atoms with E-state index in [-0.39, 0.29) is 5.91 Å². The van der Waals surface area contributed by atoms with E-state index in [0.717, 1.165) is 17.1 Å². The van der Waals surface area contributed by atoms with Crippen LogP contribution in [-0.4, -0.2) is 25.0 Å². The fourth-order valence-electron chi connectivity index (χ4n) is 2.39. The van der Waals surface area contributed by atoms with Crippen molar-refractivity contribution in [1.29, 1.82) is 0 Å².